The van der Waals surface area contributed by atoms with Crippen molar-refractivity contribution in [2.24, 2.45) is 0 Å². The average molecular weight is 279 g/mol. The van der Waals surface area contributed by atoms with E-state index >= 15 is 0 Å². The average Bonchev–Trinajstić information content (AvgIpc) is 2.96. The van der Waals surface area contributed by atoms with Crippen molar-refractivity contribution in [2.45, 2.75) is 13.5 Å². The van der Waals surface area contributed by atoms with Crippen molar-refractivity contribution in [1.29, 1.82) is 0 Å². The fourth-order valence-corrected chi connectivity index (χ4v) is 3.14. The molecule has 0 saturated carbocycles. The minimum Gasteiger partial charge on any atom is -0.380 e. The molecule has 0 aliphatic rings. The van der Waals surface area contributed by atoms with E-state index < -0.39 is 0 Å². The first-order chi connectivity index (χ1) is 9.83. The van der Waals surface area contributed by atoms with Crippen LogP contribution in [0.1, 0.15) is 10.4 Å². The Morgan fingerprint density at radius 2 is 1.60 bits per heavy atom. The molecule has 1 heterocycles. The molecule has 0 atom stereocenters. The van der Waals surface area contributed by atoms with E-state index in [0.29, 0.717) is 0 Å². The lowest BCUT2D eigenvalue weighted by Crippen LogP contribution is -1.98. The number of benzene rings is 2. The van der Waals surface area contributed by atoms with Crippen LogP contribution in [0.15, 0.2) is 66.7 Å². The number of aryl methyl sites for hydroxylation is 1. The highest BCUT2D eigenvalue weighted by atomic mass is 32.1. The summed E-state index contributed by atoms with van der Waals surface area (Å²) in [6.45, 7) is 3.01. The summed E-state index contributed by atoms with van der Waals surface area (Å²) in [5.41, 5.74) is 3.79. The van der Waals surface area contributed by atoms with Gasteiger partial charge in [0.2, 0.25) is 0 Å². The monoisotopic (exact) mass is 279 g/mol. The van der Waals surface area contributed by atoms with Crippen LogP contribution in [0.3, 0.4) is 0 Å². The van der Waals surface area contributed by atoms with Crippen LogP contribution in [0.4, 0.5) is 5.69 Å². The fourth-order valence-electron chi connectivity index (χ4n) is 2.18. The number of anilines is 1. The van der Waals surface area contributed by atoms with E-state index in [2.05, 4.69) is 79.0 Å². The third kappa shape index (κ3) is 2.91. The molecule has 1 nitrogen and oxygen atoms in total. The molecule has 2 heteroatoms. The van der Waals surface area contributed by atoms with Gasteiger partial charge in [0.05, 0.1) is 0 Å². The molecular weight excluding hydrogens is 262 g/mol. The number of nitrogens with one attached hydrogen (secondary N) is 1. The third-order valence-electron chi connectivity index (χ3n) is 3.32. The zero-order chi connectivity index (χ0) is 13.8. The van der Waals surface area contributed by atoms with Gasteiger partial charge in [-0.1, -0.05) is 48.5 Å². The zero-order valence-electron chi connectivity index (χ0n) is 11.5. The quantitative estimate of drug-likeness (QED) is 0.680. The van der Waals surface area contributed by atoms with Crippen LogP contribution < -0.4 is 5.32 Å². The molecule has 0 radical (unpaired) electrons. The van der Waals surface area contributed by atoms with Crippen LogP contribution in [0.25, 0.3) is 10.4 Å². The lowest BCUT2D eigenvalue weighted by atomic mass is 10.2. The summed E-state index contributed by atoms with van der Waals surface area (Å²) in [5, 5.41) is 3.50. The van der Waals surface area contributed by atoms with Gasteiger partial charge in [0.25, 0.3) is 0 Å². The van der Waals surface area contributed by atoms with Gasteiger partial charge in [-0.2, -0.15) is 0 Å². The van der Waals surface area contributed by atoms with Crippen molar-refractivity contribution < 1.29 is 0 Å². The Hall–Kier alpha value is -2.06. The van der Waals surface area contributed by atoms with Crippen molar-refractivity contribution in [2.75, 3.05) is 5.32 Å². The molecule has 1 aromatic heterocycles. The Morgan fingerprint density at radius 1 is 0.850 bits per heavy atom. The number of para-hydroxylation sites is 1. The maximum Gasteiger partial charge on any atom is 0.0494 e. The Labute approximate surface area is 123 Å². The Morgan fingerprint density at radius 3 is 2.40 bits per heavy atom. The highest BCUT2D eigenvalue weighted by Gasteiger charge is 2.03. The highest BCUT2D eigenvalue weighted by Crippen LogP contribution is 2.28. The van der Waals surface area contributed by atoms with Crippen molar-refractivity contribution >= 4 is 17.0 Å². The lowest BCUT2D eigenvalue weighted by Gasteiger charge is -2.07. The second kappa shape index (κ2) is 5.93. The normalized spacial score (nSPS) is 10.4. The van der Waals surface area contributed by atoms with Gasteiger partial charge in [0.1, 0.15) is 0 Å². The lowest BCUT2D eigenvalue weighted by molar-refractivity contribution is 1.18. The molecule has 1 N–H and O–H groups in total. The van der Waals surface area contributed by atoms with Gasteiger partial charge in [-0.3, -0.25) is 0 Å². The van der Waals surface area contributed by atoms with E-state index in [0.717, 1.165) is 6.54 Å². The van der Waals surface area contributed by atoms with Crippen LogP contribution in [0.5, 0.6) is 0 Å². The summed E-state index contributed by atoms with van der Waals surface area (Å²) in [4.78, 5) is 2.68. The summed E-state index contributed by atoms with van der Waals surface area (Å²) in [6.07, 6.45) is 0. The first-order valence-electron chi connectivity index (χ1n) is 6.76. The largest absolute Gasteiger partial charge is 0.380 e. The summed E-state index contributed by atoms with van der Waals surface area (Å²) in [7, 11) is 0. The standard InChI is InChI=1S/C18H17NS/c1-14-7-5-6-10-17(14)19-13-16-11-12-18(20-16)15-8-3-2-4-9-15/h2-12,19H,13H2,1H3. The molecule has 3 rings (SSSR count). The van der Waals surface area contributed by atoms with Gasteiger partial charge in [-0.15, -0.1) is 11.3 Å². The summed E-state index contributed by atoms with van der Waals surface area (Å²) in [6, 6.07) is 23.3. The SMILES string of the molecule is Cc1ccccc1NCc1ccc(-c2ccccc2)s1. The van der Waals surface area contributed by atoms with E-state index in [9.17, 15) is 0 Å². The minimum atomic E-state index is 0.877. The van der Waals surface area contributed by atoms with E-state index in [1.54, 1.807) is 0 Å². The van der Waals surface area contributed by atoms with Crippen molar-refractivity contribution in [1.82, 2.24) is 0 Å². The van der Waals surface area contributed by atoms with E-state index in [4.69, 9.17) is 0 Å². The van der Waals surface area contributed by atoms with Crippen LogP contribution in [0, 0.1) is 6.92 Å². The first kappa shape index (κ1) is 12.9. The summed E-state index contributed by atoms with van der Waals surface area (Å²) in [5.74, 6) is 0. The van der Waals surface area contributed by atoms with Gasteiger partial charge in [0.15, 0.2) is 0 Å². The Balaban J connectivity index is 1.71. The molecule has 0 bridgehead atoms. The molecule has 100 valence electrons. The topological polar surface area (TPSA) is 12.0 Å². The number of rotatable bonds is 4. The highest BCUT2D eigenvalue weighted by molar-refractivity contribution is 7.15. The molecule has 0 aliphatic heterocycles. The van der Waals surface area contributed by atoms with Crippen LogP contribution >= 0.6 is 11.3 Å². The molecule has 20 heavy (non-hydrogen) atoms. The van der Waals surface area contributed by atoms with Crippen molar-refractivity contribution in [3.05, 3.63) is 77.2 Å². The Kier molecular flexibility index (Phi) is 3.84. The third-order valence-corrected chi connectivity index (χ3v) is 4.45. The van der Waals surface area contributed by atoms with E-state index in [-0.39, 0.29) is 0 Å². The number of hydrogen-bond acceptors (Lipinski definition) is 2. The fraction of sp³-hybridized carbons (Fsp3) is 0.111. The smallest absolute Gasteiger partial charge is 0.0494 e. The maximum absolute atomic E-state index is 3.50. The van der Waals surface area contributed by atoms with Gasteiger partial charge < -0.3 is 5.32 Å². The van der Waals surface area contributed by atoms with Gasteiger partial charge in [-0.05, 0) is 36.2 Å². The van der Waals surface area contributed by atoms with E-state index in [1.165, 1.54) is 26.6 Å². The second-order valence-corrected chi connectivity index (χ2v) is 5.97. The maximum atomic E-state index is 3.50. The van der Waals surface area contributed by atoms with Gasteiger partial charge in [0, 0.05) is 22.0 Å². The van der Waals surface area contributed by atoms with E-state index in [1.807, 2.05) is 11.3 Å². The molecule has 0 amide bonds. The molecule has 0 saturated heterocycles. The van der Waals surface area contributed by atoms with Gasteiger partial charge in [-0.25, -0.2) is 0 Å². The number of thiophene rings is 1. The second-order valence-electron chi connectivity index (χ2n) is 4.80. The molecule has 0 spiro atoms. The molecule has 2 aromatic carbocycles. The number of hydrogen-bond donors (Lipinski definition) is 1. The first-order valence-corrected chi connectivity index (χ1v) is 7.58. The van der Waals surface area contributed by atoms with Crippen molar-refractivity contribution in [3.8, 4) is 10.4 Å². The zero-order valence-corrected chi connectivity index (χ0v) is 12.3. The Bertz CT molecular complexity index is 685. The molecular formula is C18H17NS. The molecule has 3 aromatic rings. The molecule has 0 aliphatic carbocycles. The summed E-state index contributed by atoms with van der Waals surface area (Å²) >= 11 is 1.85. The molecule has 0 unspecified atom stereocenters. The predicted molar refractivity (Wildman–Crippen MR) is 88.3 cm³/mol. The van der Waals surface area contributed by atoms with Gasteiger partial charge >= 0.3 is 0 Å². The predicted octanol–water partition coefficient (Wildman–Crippen LogP) is 5.34. The summed E-state index contributed by atoms with van der Waals surface area (Å²) < 4.78 is 0. The van der Waals surface area contributed by atoms with Crippen molar-refractivity contribution in [3.63, 3.8) is 0 Å². The van der Waals surface area contributed by atoms with Crippen LogP contribution in [-0.4, -0.2) is 0 Å². The van der Waals surface area contributed by atoms with Crippen LogP contribution in [0.2, 0.25) is 0 Å². The molecule has 0 fully saturated rings. The van der Waals surface area contributed by atoms with Crippen LogP contribution in [-0.2, 0) is 6.54 Å². The minimum absolute atomic E-state index is 0.877.